The number of carbonyl (C=O) groups is 2. The molecule has 0 aromatic heterocycles. The largest absolute Gasteiger partial charge is 0.368 e. The monoisotopic (exact) mass is 316 g/mol. The van der Waals surface area contributed by atoms with E-state index in [0.717, 1.165) is 0 Å². The number of nitrogens with one attached hydrogen (secondary N) is 1. The zero-order valence-corrected chi connectivity index (χ0v) is 11.6. The summed E-state index contributed by atoms with van der Waals surface area (Å²) in [7, 11) is 0. The van der Waals surface area contributed by atoms with E-state index in [1.165, 1.54) is 18.2 Å². The van der Waals surface area contributed by atoms with Crippen molar-refractivity contribution in [2.45, 2.75) is 19.9 Å². The van der Waals surface area contributed by atoms with Gasteiger partial charge in [0.05, 0.1) is 5.56 Å². The summed E-state index contributed by atoms with van der Waals surface area (Å²) in [5.74, 6) is -2.12. The number of hydrogen-bond acceptors (Lipinski definition) is 2. The van der Waals surface area contributed by atoms with Gasteiger partial charge in [0, 0.05) is 4.47 Å². The van der Waals surface area contributed by atoms with Crippen LogP contribution in [0.15, 0.2) is 22.7 Å². The van der Waals surface area contributed by atoms with Crippen LogP contribution in [0.4, 0.5) is 4.39 Å². The maximum absolute atomic E-state index is 13.5. The Morgan fingerprint density at radius 2 is 2.00 bits per heavy atom. The Balaban J connectivity index is 2.94. The highest BCUT2D eigenvalue weighted by Crippen LogP contribution is 2.16. The lowest BCUT2D eigenvalue weighted by molar-refractivity contribution is -0.120. The van der Waals surface area contributed by atoms with Gasteiger partial charge in [-0.15, -0.1) is 0 Å². The molecule has 0 spiro atoms. The van der Waals surface area contributed by atoms with Gasteiger partial charge in [0.25, 0.3) is 5.91 Å². The van der Waals surface area contributed by atoms with Crippen molar-refractivity contribution in [3.8, 4) is 0 Å². The number of rotatable bonds is 4. The van der Waals surface area contributed by atoms with Gasteiger partial charge in [-0.1, -0.05) is 29.8 Å². The number of hydrogen-bond donors (Lipinski definition) is 2. The van der Waals surface area contributed by atoms with E-state index in [-0.39, 0.29) is 11.5 Å². The van der Waals surface area contributed by atoms with Crippen LogP contribution in [0.2, 0.25) is 0 Å². The van der Waals surface area contributed by atoms with E-state index >= 15 is 0 Å². The third kappa shape index (κ3) is 3.53. The summed E-state index contributed by atoms with van der Waals surface area (Å²) in [4.78, 5) is 23.0. The minimum absolute atomic E-state index is 0.128. The van der Waals surface area contributed by atoms with Crippen molar-refractivity contribution in [2.24, 2.45) is 11.7 Å². The highest BCUT2D eigenvalue weighted by molar-refractivity contribution is 9.10. The van der Waals surface area contributed by atoms with Gasteiger partial charge in [-0.3, -0.25) is 9.59 Å². The maximum Gasteiger partial charge on any atom is 0.254 e. The van der Waals surface area contributed by atoms with Gasteiger partial charge in [0.1, 0.15) is 11.9 Å². The van der Waals surface area contributed by atoms with Crippen LogP contribution in [0.1, 0.15) is 24.2 Å². The normalized spacial score (nSPS) is 12.3. The van der Waals surface area contributed by atoms with Crippen molar-refractivity contribution < 1.29 is 14.0 Å². The first-order valence-electron chi connectivity index (χ1n) is 5.38. The molecule has 1 rings (SSSR count). The average molecular weight is 317 g/mol. The standard InChI is InChI=1S/C12H14BrFN2O2/c1-6(2)10(11(15)17)16-12(18)8-5-7(13)3-4-9(8)14/h3-6,10H,1-2H3,(H2,15,17)(H,16,18). The molecule has 1 aromatic rings. The van der Waals surface area contributed by atoms with E-state index in [0.29, 0.717) is 4.47 Å². The van der Waals surface area contributed by atoms with Crippen molar-refractivity contribution in [3.63, 3.8) is 0 Å². The molecule has 0 heterocycles. The van der Waals surface area contributed by atoms with Gasteiger partial charge >= 0.3 is 0 Å². The van der Waals surface area contributed by atoms with Crippen molar-refractivity contribution in [1.82, 2.24) is 5.32 Å². The van der Waals surface area contributed by atoms with Crippen molar-refractivity contribution in [2.75, 3.05) is 0 Å². The molecule has 1 unspecified atom stereocenters. The van der Waals surface area contributed by atoms with E-state index in [1.807, 2.05) is 0 Å². The summed E-state index contributed by atoms with van der Waals surface area (Å²) < 4.78 is 14.1. The highest BCUT2D eigenvalue weighted by Gasteiger charge is 2.23. The number of carbonyl (C=O) groups excluding carboxylic acids is 2. The first-order valence-corrected chi connectivity index (χ1v) is 6.17. The Morgan fingerprint density at radius 1 is 1.39 bits per heavy atom. The minimum atomic E-state index is -0.823. The minimum Gasteiger partial charge on any atom is -0.368 e. The lowest BCUT2D eigenvalue weighted by Gasteiger charge is -2.19. The van der Waals surface area contributed by atoms with E-state index in [1.54, 1.807) is 13.8 Å². The van der Waals surface area contributed by atoms with E-state index in [9.17, 15) is 14.0 Å². The molecule has 3 N–H and O–H groups in total. The van der Waals surface area contributed by atoms with Crippen LogP contribution in [0, 0.1) is 11.7 Å². The molecule has 4 nitrogen and oxygen atoms in total. The van der Waals surface area contributed by atoms with Crippen LogP contribution < -0.4 is 11.1 Å². The van der Waals surface area contributed by atoms with E-state index in [2.05, 4.69) is 21.2 Å². The molecule has 0 aliphatic rings. The summed E-state index contributed by atoms with van der Waals surface area (Å²) in [6.45, 7) is 3.49. The summed E-state index contributed by atoms with van der Waals surface area (Å²) in [6, 6.07) is 3.19. The first-order chi connectivity index (χ1) is 8.32. The summed E-state index contributed by atoms with van der Waals surface area (Å²) in [5, 5.41) is 2.43. The Labute approximate surface area is 113 Å². The van der Waals surface area contributed by atoms with E-state index in [4.69, 9.17) is 5.73 Å². The second kappa shape index (κ2) is 5.95. The molecule has 0 radical (unpaired) electrons. The second-order valence-corrected chi connectivity index (χ2v) is 5.14. The zero-order chi connectivity index (χ0) is 13.9. The van der Waals surface area contributed by atoms with Gasteiger partial charge in [-0.25, -0.2) is 4.39 Å². The topological polar surface area (TPSA) is 72.2 Å². The number of benzene rings is 1. The van der Waals surface area contributed by atoms with Gasteiger partial charge < -0.3 is 11.1 Å². The summed E-state index contributed by atoms with van der Waals surface area (Å²) in [6.07, 6.45) is 0. The molecule has 2 amide bonds. The molecular weight excluding hydrogens is 303 g/mol. The fraction of sp³-hybridized carbons (Fsp3) is 0.333. The van der Waals surface area contributed by atoms with Crippen LogP contribution in [0.5, 0.6) is 0 Å². The van der Waals surface area contributed by atoms with Crippen molar-refractivity contribution >= 4 is 27.7 Å². The first kappa shape index (κ1) is 14.6. The van der Waals surface area contributed by atoms with Crippen molar-refractivity contribution in [3.05, 3.63) is 34.1 Å². The molecule has 0 fully saturated rings. The molecule has 0 aliphatic carbocycles. The Bertz CT molecular complexity index is 477. The molecule has 0 bridgehead atoms. The molecule has 18 heavy (non-hydrogen) atoms. The SMILES string of the molecule is CC(C)C(NC(=O)c1cc(Br)ccc1F)C(N)=O. The predicted molar refractivity (Wildman–Crippen MR) is 69.4 cm³/mol. The fourth-order valence-electron chi connectivity index (χ4n) is 1.46. The Morgan fingerprint density at radius 3 is 2.50 bits per heavy atom. The van der Waals surface area contributed by atoms with Gasteiger partial charge in [-0.05, 0) is 24.1 Å². The molecule has 1 aromatic carbocycles. The van der Waals surface area contributed by atoms with Crippen LogP contribution in [-0.2, 0) is 4.79 Å². The third-order valence-electron chi connectivity index (χ3n) is 2.43. The quantitative estimate of drug-likeness (QED) is 0.889. The number of primary amides is 1. The molecule has 0 aliphatic heterocycles. The van der Waals surface area contributed by atoms with Gasteiger partial charge in [0.2, 0.25) is 5.91 Å². The molecule has 1 atom stereocenters. The zero-order valence-electron chi connectivity index (χ0n) is 10.0. The van der Waals surface area contributed by atoms with Crippen LogP contribution in [0.25, 0.3) is 0 Å². The Kier molecular flexibility index (Phi) is 4.84. The molecular formula is C12H14BrFN2O2. The summed E-state index contributed by atoms with van der Waals surface area (Å²) in [5.41, 5.74) is 5.05. The molecule has 0 saturated heterocycles. The van der Waals surface area contributed by atoms with Crippen molar-refractivity contribution in [1.29, 1.82) is 0 Å². The predicted octanol–water partition coefficient (Wildman–Crippen LogP) is 1.83. The third-order valence-corrected chi connectivity index (χ3v) is 2.93. The fourth-order valence-corrected chi connectivity index (χ4v) is 1.82. The average Bonchev–Trinajstić information content (AvgIpc) is 2.28. The molecule has 0 saturated carbocycles. The van der Waals surface area contributed by atoms with Gasteiger partial charge in [0.15, 0.2) is 0 Å². The lowest BCUT2D eigenvalue weighted by atomic mass is 10.0. The molecule has 6 heteroatoms. The highest BCUT2D eigenvalue weighted by atomic mass is 79.9. The Hall–Kier alpha value is -1.43. The van der Waals surface area contributed by atoms with Crippen LogP contribution in [-0.4, -0.2) is 17.9 Å². The number of amides is 2. The lowest BCUT2D eigenvalue weighted by Crippen LogP contribution is -2.47. The maximum atomic E-state index is 13.5. The van der Waals surface area contributed by atoms with Gasteiger partial charge in [-0.2, -0.15) is 0 Å². The summed E-state index contributed by atoms with van der Waals surface area (Å²) >= 11 is 3.15. The smallest absolute Gasteiger partial charge is 0.254 e. The second-order valence-electron chi connectivity index (χ2n) is 4.22. The van der Waals surface area contributed by atoms with Crippen LogP contribution >= 0.6 is 15.9 Å². The molecule has 98 valence electrons. The number of nitrogens with two attached hydrogens (primary N) is 1. The number of halogens is 2. The van der Waals surface area contributed by atoms with E-state index < -0.39 is 23.7 Å². The van der Waals surface area contributed by atoms with Crippen LogP contribution in [0.3, 0.4) is 0 Å².